The molecule has 1 saturated heterocycles. The van der Waals surface area contributed by atoms with Gasteiger partial charge in [-0.25, -0.2) is 4.39 Å². The van der Waals surface area contributed by atoms with Crippen LogP contribution in [0.1, 0.15) is 27.0 Å². The number of nitrogens with zero attached hydrogens (tertiary/aromatic N) is 2. The first-order valence-corrected chi connectivity index (χ1v) is 9.12. The molecule has 2 aromatic carbocycles. The third kappa shape index (κ3) is 3.44. The van der Waals surface area contributed by atoms with Gasteiger partial charge >= 0.3 is 0 Å². The number of hydrogen-bond donors (Lipinski definition) is 0. The third-order valence-electron chi connectivity index (χ3n) is 5.24. The highest BCUT2D eigenvalue weighted by atomic mass is 19.1. The number of benzene rings is 2. The molecule has 0 atom stereocenters. The Morgan fingerprint density at radius 1 is 1.12 bits per heavy atom. The Kier molecular flexibility index (Phi) is 4.64. The maximum atomic E-state index is 13.7. The van der Waals surface area contributed by atoms with Crippen LogP contribution in [-0.4, -0.2) is 48.5 Å². The summed E-state index contributed by atoms with van der Waals surface area (Å²) in [6.07, 6.45) is 0.985. The molecule has 0 unspecified atom stereocenters. The van der Waals surface area contributed by atoms with Crippen LogP contribution >= 0.6 is 0 Å². The van der Waals surface area contributed by atoms with Crippen LogP contribution in [0.4, 0.5) is 4.39 Å². The van der Waals surface area contributed by atoms with Gasteiger partial charge < -0.3 is 9.64 Å². The highest BCUT2D eigenvalue weighted by Crippen LogP contribution is 2.26. The van der Waals surface area contributed by atoms with Gasteiger partial charge in [0.1, 0.15) is 11.6 Å². The normalized spacial score (nSPS) is 17.1. The third-order valence-corrected chi connectivity index (χ3v) is 5.24. The number of carbonyl (C=O) groups excluding carboxylic acids is 1. The Morgan fingerprint density at radius 2 is 1.92 bits per heavy atom. The number of carbonyl (C=O) groups is 1. The second-order valence-electron chi connectivity index (χ2n) is 7.07. The SMILES string of the molecule is Cc1ccc(C(=O)N2CCN(Cc3ccc4c(c3)CCO4)CC2)cc1F. The van der Waals surface area contributed by atoms with E-state index in [1.165, 1.54) is 17.2 Å². The predicted molar refractivity (Wildman–Crippen MR) is 98.0 cm³/mol. The predicted octanol–water partition coefficient (Wildman–Crippen LogP) is 3.03. The lowest BCUT2D eigenvalue weighted by atomic mass is 10.1. The van der Waals surface area contributed by atoms with E-state index in [4.69, 9.17) is 4.74 Å². The van der Waals surface area contributed by atoms with Crippen LogP contribution < -0.4 is 4.74 Å². The summed E-state index contributed by atoms with van der Waals surface area (Å²) in [5.41, 5.74) is 3.57. The zero-order chi connectivity index (χ0) is 18.1. The average Bonchev–Trinajstić information content (AvgIpc) is 3.12. The summed E-state index contributed by atoms with van der Waals surface area (Å²) >= 11 is 0. The largest absolute Gasteiger partial charge is 0.493 e. The molecule has 0 radical (unpaired) electrons. The van der Waals surface area contributed by atoms with Crippen molar-refractivity contribution in [3.05, 3.63) is 64.5 Å². The molecule has 2 aliphatic heterocycles. The highest BCUT2D eigenvalue weighted by molar-refractivity contribution is 5.94. The molecule has 0 saturated carbocycles. The fourth-order valence-electron chi connectivity index (χ4n) is 3.61. The Balaban J connectivity index is 1.35. The number of piperazine rings is 1. The lowest BCUT2D eigenvalue weighted by molar-refractivity contribution is 0.0628. The Hall–Kier alpha value is -2.40. The van der Waals surface area contributed by atoms with E-state index < -0.39 is 0 Å². The Morgan fingerprint density at radius 3 is 2.69 bits per heavy atom. The molecule has 4 rings (SSSR count). The minimum atomic E-state index is -0.324. The maximum absolute atomic E-state index is 13.7. The van der Waals surface area contributed by atoms with Crippen LogP contribution in [0, 0.1) is 12.7 Å². The summed E-state index contributed by atoms with van der Waals surface area (Å²) in [4.78, 5) is 16.8. The standard InChI is InChI=1S/C21H23FN2O2/c1-15-2-4-18(13-19(15)22)21(25)24-9-7-23(8-10-24)14-16-3-5-20-17(12-16)6-11-26-20/h2-5,12-13H,6-11,14H2,1H3. The molecule has 1 amide bonds. The smallest absolute Gasteiger partial charge is 0.254 e. The van der Waals surface area contributed by atoms with Gasteiger partial charge in [0.25, 0.3) is 5.91 Å². The van der Waals surface area contributed by atoms with Gasteiger partial charge in [0, 0.05) is 44.7 Å². The van der Waals surface area contributed by atoms with Crippen molar-refractivity contribution >= 4 is 5.91 Å². The van der Waals surface area contributed by atoms with Crippen molar-refractivity contribution in [2.45, 2.75) is 19.9 Å². The first-order valence-electron chi connectivity index (χ1n) is 9.12. The van der Waals surface area contributed by atoms with E-state index >= 15 is 0 Å². The maximum Gasteiger partial charge on any atom is 0.254 e. The van der Waals surface area contributed by atoms with Gasteiger partial charge in [-0.05, 0) is 41.8 Å². The summed E-state index contributed by atoms with van der Waals surface area (Å²) in [6.45, 7) is 6.35. The van der Waals surface area contributed by atoms with E-state index in [0.29, 0.717) is 24.2 Å². The molecule has 26 heavy (non-hydrogen) atoms. The molecular formula is C21H23FN2O2. The number of hydrogen-bond acceptors (Lipinski definition) is 3. The number of fused-ring (bicyclic) bond motifs is 1. The monoisotopic (exact) mass is 354 g/mol. The van der Waals surface area contributed by atoms with Crippen LogP contribution in [0.2, 0.25) is 0 Å². The van der Waals surface area contributed by atoms with E-state index in [2.05, 4.69) is 23.1 Å². The van der Waals surface area contributed by atoms with Gasteiger partial charge in [0.2, 0.25) is 0 Å². The van der Waals surface area contributed by atoms with E-state index in [9.17, 15) is 9.18 Å². The van der Waals surface area contributed by atoms with Gasteiger partial charge in [-0.2, -0.15) is 0 Å². The molecule has 5 heteroatoms. The molecule has 0 N–H and O–H groups in total. The fraction of sp³-hybridized carbons (Fsp3) is 0.381. The van der Waals surface area contributed by atoms with Gasteiger partial charge in [-0.15, -0.1) is 0 Å². The molecule has 0 aliphatic carbocycles. The lowest BCUT2D eigenvalue weighted by Gasteiger charge is -2.35. The number of rotatable bonds is 3. The molecule has 2 aromatic rings. The lowest BCUT2D eigenvalue weighted by Crippen LogP contribution is -2.48. The fourth-order valence-corrected chi connectivity index (χ4v) is 3.61. The zero-order valence-electron chi connectivity index (χ0n) is 15.0. The van der Waals surface area contributed by atoms with E-state index in [0.717, 1.165) is 38.4 Å². The summed E-state index contributed by atoms with van der Waals surface area (Å²) in [7, 11) is 0. The van der Waals surface area contributed by atoms with Crippen molar-refractivity contribution in [2.24, 2.45) is 0 Å². The van der Waals surface area contributed by atoms with Gasteiger partial charge in [-0.1, -0.05) is 18.2 Å². The van der Waals surface area contributed by atoms with Gasteiger partial charge in [0.15, 0.2) is 0 Å². The Labute approximate surface area is 153 Å². The zero-order valence-corrected chi connectivity index (χ0v) is 15.0. The minimum absolute atomic E-state index is 0.0850. The molecule has 4 nitrogen and oxygen atoms in total. The summed E-state index contributed by atoms with van der Waals surface area (Å²) < 4.78 is 19.3. The second kappa shape index (κ2) is 7.08. The van der Waals surface area contributed by atoms with Crippen LogP contribution in [0.5, 0.6) is 5.75 Å². The van der Waals surface area contributed by atoms with E-state index in [1.807, 2.05) is 4.90 Å². The average molecular weight is 354 g/mol. The van der Waals surface area contributed by atoms with Crippen LogP contribution in [0.15, 0.2) is 36.4 Å². The molecule has 136 valence electrons. The molecule has 0 spiro atoms. The highest BCUT2D eigenvalue weighted by Gasteiger charge is 2.23. The molecule has 2 heterocycles. The molecular weight excluding hydrogens is 331 g/mol. The molecule has 2 aliphatic rings. The number of halogens is 1. The first kappa shape index (κ1) is 17.0. The Bertz CT molecular complexity index is 829. The van der Waals surface area contributed by atoms with Crippen LogP contribution in [0.25, 0.3) is 0 Å². The van der Waals surface area contributed by atoms with Crippen molar-refractivity contribution in [1.82, 2.24) is 9.80 Å². The van der Waals surface area contributed by atoms with Crippen molar-refractivity contribution in [2.75, 3.05) is 32.8 Å². The minimum Gasteiger partial charge on any atom is -0.493 e. The topological polar surface area (TPSA) is 32.8 Å². The number of amides is 1. The van der Waals surface area contributed by atoms with Gasteiger partial charge in [0.05, 0.1) is 6.61 Å². The molecule has 1 fully saturated rings. The molecule has 0 bridgehead atoms. The van der Waals surface area contributed by atoms with Crippen molar-refractivity contribution in [3.63, 3.8) is 0 Å². The quantitative estimate of drug-likeness (QED) is 0.849. The van der Waals surface area contributed by atoms with Crippen LogP contribution in [-0.2, 0) is 13.0 Å². The van der Waals surface area contributed by atoms with E-state index in [-0.39, 0.29) is 11.7 Å². The number of aryl methyl sites for hydroxylation is 1. The van der Waals surface area contributed by atoms with Crippen molar-refractivity contribution < 1.29 is 13.9 Å². The van der Waals surface area contributed by atoms with Crippen LogP contribution in [0.3, 0.4) is 0 Å². The second-order valence-corrected chi connectivity index (χ2v) is 7.07. The summed E-state index contributed by atoms with van der Waals surface area (Å²) in [5, 5.41) is 0. The molecule has 0 aromatic heterocycles. The first-order chi connectivity index (χ1) is 12.6. The summed E-state index contributed by atoms with van der Waals surface area (Å²) in [6, 6.07) is 11.1. The van der Waals surface area contributed by atoms with E-state index in [1.54, 1.807) is 19.1 Å². The van der Waals surface area contributed by atoms with Gasteiger partial charge in [-0.3, -0.25) is 9.69 Å². The number of ether oxygens (including phenoxy) is 1. The van der Waals surface area contributed by atoms with Crippen molar-refractivity contribution in [1.29, 1.82) is 0 Å². The summed E-state index contributed by atoms with van der Waals surface area (Å²) in [5.74, 6) is 0.600. The van der Waals surface area contributed by atoms with Crippen molar-refractivity contribution in [3.8, 4) is 5.75 Å².